The van der Waals surface area contributed by atoms with E-state index >= 15 is 0 Å². The van der Waals surface area contributed by atoms with Gasteiger partial charge in [-0.2, -0.15) is 9.97 Å². The van der Waals surface area contributed by atoms with Gasteiger partial charge in [0.25, 0.3) is 11.1 Å². The van der Waals surface area contributed by atoms with Gasteiger partial charge in [0, 0.05) is 118 Å². The molecule has 19 nitrogen and oxygen atoms in total. The van der Waals surface area contributed by atoms with Gasteiger partial charge in [0.05, 0.1) is 36.7 Å². The van der Waals surface area contributed by atoms with Crippen LogP contribution in [-0.2, 0) is 14.2 Å². The number of fused-ring (bicyclic) bond motifs is 2. The number of carbonyl (C=O) groups excluding carboxylic acids is 1. The molecular formula is C50H65ClN12O7. The number of piperazine rings is 2. The number of rotatable bonds is 8. The molecule has 4 N–H and O–H groups in total. The van der Waals surface area contributed by atoms with Gasteiger partial charge in [-0.25, -0.2) is 14.8 Å². The Balaban J connectivity index is 0.000000200. The predicted octanol–water partition coefficient (Wildman–Crippen LogP) is 6.11. The van der Waals surface area contributed by atoms with Gasteiger partial charge in [-0.15, -0.1) is 12.4 Å². The van der Waals surface area contributed by atoms with E-state index < -0.39 is 5.60 Å². The van der Waals surface area contributed by atoms with E-state index in [9.17, 15) is 14.4 Å². The molecule has 6 aromatic rings. The van der Waals surface area contributed by atoms with Crippen molar-refractivity contribution in [3.05, 3.63) is 105 Å². The third kappa shape index (κ3) is 12.1. The monoisotopic (exact) mass is 980 g/mol. The lowest BCUT2D eigenvalue weighted by Crippen LogP contribution is -2.50. The third-order valence-corrected chi connectivity index (χ3v) is 12.5. The Hall–Kier alpha value is -6.38. The quantitative estimate of drug-likeness (QED) is 0.136. The van der Waals surface area contributed by atoms with Gasteiger partial charge in [-0.3, -0.25) is 18.7 Å². The van der Waals surface area contributed by atoms with Crippen LogP contribution in [0.5, 0.6) is 0 Å². The first-order chi connectivity index (χ1) is 33.4. The molecule has 4 saturated heterocycles. The summed E-state index contributed by atoms with van der Waals surface area (Å²) in [7, 11) is 1.00. The van der Waals surface area contributed by atoms with Crippen LogP contribution >= 0.6 is 12.4 Å². The third-order valence-electron chi connectivity index (χ3n) is 12.5. The molecule has 0 bridgehead atoms. The van der Waals surface area contributed by atoms with Crippen LogP contribution in [0.1, 0.15) is 57.1 Å². The molecule has 1 amide bonds. The van der Waals surface area contributed by atoms with E-state index in [4.69, 9.17) is 29.3 Å². The molecule has 2 aromatic carbocycles. The van der Waals surface area contributed by atoms with Crippen LogP contribution in [0.15, 0.2) is 82.4 Å². The Morgan fingerprint density at radius 3 is 1.47 bits per heavy atom. The molecule has 0 radical (unpaired) electrons. The molecule has 4 aliphatic rings. The summed E-state index contributed by atoms with van der Waals surface area (Å²) in [4.78, 5) is 62.7. The smallest absolute Gasteiger partial charge is 0.410 e. The maximum Gasteiger partial charge on any atom is 0.410 e. The fraction of sp³-hybridized carbons (Fsp3) is 0.460. The lowest BCUT2D eigenvalue weighted by Gasteiger charge is -2.36. The van der Waals surface area contributed by atoms with Crippen LogP contribution < -0.4 is 36.9 Å². The number of benzene rings is 2. The molecule has 0 aliphatic carbocycles. The van der Waals surface area contributed by atoms with Gasteiger partial charge in [0.1, 0.15) is 16.9 Å². The Morgan fingerprint density at radius 1 is 0.643 bits per heavy atom. The molecule has 20 heteroatoms. The number of hydrogen-bond donors (Lipinski definition) is 4. The van der Waals surface area contributed by atoms with E-state index in [-0.39, 0.29) is 41.7 Å². The number of aliphatic hydroxyl groups excluding tert-OH is 1. The van der Waals surface area contributed by atoms with Crippen LogP contribution in [0.25, 0.3) is 22.1 Å². The number of hydrogen-bond acceptors (Lipinski definition) is 16. The number of amides is 1. The Morgan fingerprint density at radius 2 is 1.07 bits per heavy atom. The number of aliphatic hydroxyl groups is 1. The lowest BCUT2D eigenvalue weighted by molar-refractivity contribution is 0.0240. The van der Waals surface area contributed by atoms with Crippen LogP contribution in [0, 0.1) is 13.8 Å². The number of nitrogens with zero attached hydrogens (tertiary/aromatic N) is 9. The van der Waals surface area contributed by atoms with Crippen molar-refractivity contribution in [1.29, 1.82) is 0 Å². The second-order valence-corrected chi connectivity index (χ2v) is 18.4. The first-order valence-electron chi connectivity index (χ1n) is 23.7. The lowest BCUT2D eigenvalue weighted by atomic mass is 10.2. The number of halogens is 1. The minimum Gasteiger partial charge on any atom is -0.444 e. The summed E-state index contributed by atoms with van der Waals surface area (Å²) < 4.78 is 20.0. The number of aromatic nitrogens is 6. The van der Waals surface area contributed by atoms with E-state index in [1.54, 1.807) is 32.2 Å². The number of anilines is 6. The zero-order chi connectivity index (χ0) is 48.7. The number of pyridine rings is 2. The van der Waals surface area contributed by atoms with E-state index in [0.29, 0.717) is 62.7 Å². The van der Waals surface area contributed by atoms with E-state index in [2.05, 4.69) is 47.9 Å². The maximum atomic E-state index is 12.7. The summed E-state index contributed by atoms with van der Waals surface area (Å²) in [6.45, 7) is 18.6. The SMILES string of the molecule is CO.Cc1nc(Nc2ccc(N3CCN(C(=O)OC(C)(C)C)CC3)cc2)nc2c1ccc(=O)n2C1CCOC1.Cc1nc(Nc2ccc(N3CCNCC3)cc2)nc2c1ccc(=O)n2C1CCOC1.Cl. The molecule has 0 spiro atoms. The molecule has 2 atom stereocenters. The zero-order valence-electron chi connectivity index (χ0n) is 40.8. The summed E-state index contributed by atoms with van der Waals surface area (Å²) in [5, 5.41) is 18.7. The molecule has 4 aromatic heterocycles. The zero-order valence-corrected chi connectivity index (χ0v) is 41.6. The Labute approximate surface area is 413 Å². The minimum absolute atomic E-state index is 0. The highest BCUT2D eigenvalue weighted by Gasteiger charge is 2.27. The Bertz CT molecular complexity index is 2830. The average Bonchev–Trinajstić information content (AvgIpc) is 4.09. The van der Waals surface area contributed by atoms with Gasteiger partial charge < -0.3 is 50.0 Å². The second-order valence-electron chi connectivity index (χ2n) is 18.4. The first kappa shape index (κ1) is 51.5. The Kier molecular flexibility index (Phi) is 16.9. The number of aryl methyl sites for hydroxylation is 2. The summed E-state index contributed by atoms with van der Waals surface area (Å²) in [6, 6.07) is 23.2. The van der Waals surface area contributed by atoms with E-state index in [1.807, 2.05) is 77.1 Å². The molecule has 2 unspecified atom stereocenters. The van der Waals surface area contributed by atoms with Gasteiger partial charge >= 0.3 is 6.09 Å². The highest BCUT2D eigenvalue weighted by molar-refractivity contribution is 5.85. The fourth-order valence-corrected chi connectivity index (χ4v) is 9.00. The molecule has 70 heavy (non-hydrogen) atoms. The first-order valence-corrected chi connectivity index (χ1v) is 23.7. The van der Waals surface area contributed by atoms with Crippen molar-refractivity contribution in [1.82, 2.24) is 39.3 Å². The van der Waals surface area contributed by atoms with Gasteiger partial charge in [0.15, 0.2) is 0 Å². The largest absolute Gasteiger partial charge is 0.444 e. The summed E-state index contributed by atoms with van der Waals surface area (Å²) >= 11 is 0. The van der Waals surface area contributed by atoms with E-state index in [0.717, 1.165) is 98.4 Å². The van der Waals surface area contributed by atoms with Crippen LogP contribution in [0.3, 0.4) is 0 Å². The van der Waals surface area contributed by atoms with Gasteiger partial charge in [-0.1, -0.05) is 0 Å². The molecule has 4 fully saturated rings. The van der Waals surface area contributed by atoms with Gasteiger partial charge in [0.2, 0.25) is 11.9 Å². The minimum atomic E-state index is -0.493. The van der Waals surface area contributed by atoms with Crippen molar-refractivity contribution in [3.8, 4) is 0 Å². The molecule has 8 heterocycles. The van der Waals surface area contributed by atoms with Crippen LogP contribution in [0.4, 0.5) is 39.4 Å². The predicted molar refractivity (Wildman–Crippen MR) is 276 cm³/mol. The van der Waals surface area contributed by atoms with Crippen molar-refractivity contribution >= 4 is 75.2 Å². The molecule has 0 saturated carbocycles. The topological polar surface area (TPSA) is 206 Å². The van der Waals surface area contributed by atoms with Crippen LogP contribution in [0.2, 0.25) is 0 Å². The highest BCUT2D eigenvalue weighted by Crippen LogP contribution is 2.28. The number of carbonyl (C=O) groups is 1. The second kappa shape index (κ2) is 23.0. The summed E-state index contributed by atoms with van der Waals surface area (Å²) in [6.07, 6.45) is 1.35. The average molecular weight is 982 g/mol. The summed E-state index contributed by atoms with van der Waals surface area (Å²) in [5.74, 6) is 0.940. The maximum absolute atomic E-state index is 12.7. The van der Waals surface area contributed by atoms with Crippen LogP contribution in [-0.4, -0.2) is 137 Å². The molecule has 374 valence electrons. The van der Waals surface area contributed by atoms with Gasteiger partial charge in [-0.05, 0) is 108 Å². The molecule has 10 rings (SSSR count). The fourth-order valence-electron chi connectivity index (χ4n) is 9.00. The van der Waals surface area contributed by atoms with E-state index in [1.165, 1.54) is 5.69 Å². The highest BCUT2D eigenvalue weighted by atomic mass is 35.5. The van der Waals surface area contributed by atoms with Crippen molar-refractivity contribution in [2.75, 3.05) is 106 Å². The molecule has 4 aliphatic heterocycles. The van der Waals surface area contributed by atoms with Crippen molar-refractivity contribution in [2.45, 2.75) is 65.1 Å². The standard InChI is InChI=1S/C27H34N6O4.C22H26N6O2.CH4O.ClH/c1-18-22-9-10-23(34)33(21-11-16-36-17-21)24(22)30-25(28-18)29-19-5-7-20(8-6-19)31-12-14-32(15-13-31)26(35)37-27(2,3)4;1-15-19-6-7-20(29)28(18-8-13-30-14-18)21(19)26-22(24-15)25-16-2-4-17(5-3-16)27-11-9-23-10-12-27;1-2;/h5-10,21H,11-17H2,1-4H3,(H,28,29,30);2-7,18,23H,8-14H2,1H3,(H,24,25,26);2H,1H3;1H. The molecular weight excluding hydrogens is 916 g/mol. The number of nitrogens with one attached hydrogen (secondary N) is 3. The normalized spacial score (nSPS) is 18.1. The summed E-state index contributed by atoms with van der Waals surface area (Å²) in [5.41, 5.74) is 6.37. The van der Waals surface area contributed by atoms with Crippen molar-refractivity contribution in [3.63, 3.8) is 0 Å². The van der Waals surface area contributed by atoms with Crippen molar-refractivity contribution in [2.24, 2.45) is 0 Å². The number of ether oxygens (including phenoxy) is 3. The van der Waals surface area contributed by atoms with Crippen molar-refractivity contribution < 1.29 is 24.1 Å².